The molecular formula is C12H15N3O. The lowest BCUT2D eigenvalue weighted by Gasteiger charge is -2.05. The molecule has 0 bridgehead atoms. The number of nitrogens with two attached hydrogens (primary N) is 1. The van der Waals surface area contributed by atoms with Gasteiger partial charge in [0.25, 0.3) is 0 Å². The van der Waals surface area contributed by atoms with Gasteiger partial charge in [-0.1, -0.05) is 12.1 Å². The Morgan fingerprint density at radius 1 is 1.44 bits per heavy atom. The molecule has 4 heteroatoms. The van der Waals surface area contributed by atoms with Crippen LogP contribution in [0.4, 0.5) is 0 Å². The van der Waals surface area contributed by atoms with Crippen LogP contribution in [-0.2, 0) is 17.9 Å². The molecule has 4 nitrogen and oxygen atoms in total. The number of benzene rings is 1. The Balaban J connectivity index is 2.45. The Morgan fingerprint density at radius 2 is 2.25 bits per heavy atom. The van der Waals surface area contributed by atoms with E-state index in [1.165, 1.54) is 0 Å². The van der Waals surface area contributed by atoms with E-state index in [-0.39, 0.29) is 5.91 Å². The lowest BCUT2D eigenvalue weighted by atomic mass is 10.1. The minimum atomic E-state index is -0.00403. The van der Waals surface area contributed by atoms with Gasteiger partial charge in [-0.25, -0.2) is 0 Å². The van der Waals surface area contributed by atoms with Gasteiger partial charge in [-0.15, -0.1) is 0 Å². The van der Waals surface area contributed by atoms with E-state index >= 15 is 0 Å². The molecule has 1 amide bonds. The second kappa shape index (κ2) is 4.37. The summed E-state index contributed by atoms with van der Waals surface area (Å²) in [7, 11) is 1.64. The summed E-state index contributed by atoms with van der Waals surface area (Å²) in [4.78, 5) is 11.3. The summed E-state index contributed by atoms with van der Waals surface area (Å²) in [5.41, 5.74) is 7.82. The highest BCUT2D eigenvalue weighted by Crippen LogP contribution is 2.19. The number of amides is 1. The van der Waals surface area contributed by atoms with Gasteiger partial charge in [-0.05, 0) is 17.7 Å². The van der Waals surface area contributed by atoms with Gasteiger partial charge < -0.3 is 15.6 Å². The van der Waals surface area contributed by atoms with Crippen LogP contribution in [0.2, 0.25) is 0 Å². The average molecular weight is 217 g/mol. The van der Waals surface area contributed by atoms with Crippen LogP contribution in [0.15, 0.2) is 30.5 Å². The normalized spacial score (nSPS) is 10.6. The third kappa shape index (κ3) is 1.79. The van der Waals surface area contributed by atoms with E-state index in [0.717, 1.165) is 16.5 Å². The smallest absolute Gasteiger partial charge is 0.239 e. The molecule has 1 heterocycles. The number of hydrogen-bond acceptors (Lipinski definition) is 2. The fourth-order valence-electron chi connectivity index (χ4n) is 1.84. The Labute approximate surface area is 94.0 Å². The number of nitrogens with one attached hydrogen (secondary N) is 1. The Bertz CT molecular complexity index is 516. The summed E-state index contributed by atoms with van der Waals surface area (Å²) in [5.74, 6) is -0.00403. The molecule has 0 saturated carbocycles. The molecule has 0 spiro atoms. The molecule has 0 aliphatic rings. The minimum absolute atomic E-state index is 0.00403. The Morgan fingerprint density at radius 3 is 2.94 bits per heavy atom. The topological polar surface area (TPSA) is 60.0 Å². The van der Waals surface area contributed by atoms with E-state index in [0.29, 0.717) is 13.1 Å². The van der Waals surface area contributed by atoms with Crippen LogP contribution in [0.3, 0.4) is 0 Å². The van der Waals surface area contributed by atoms with Gasteiger partial charge in [0.15, 0.2) is 0 Å². The summed E-state index contributed by atoms with van der Waals surface area (Å²) in [6.07, 6.45) is 1.92. The van der Waals surface area contributed by atoms with Gasteiger partial charge >= 0.3 is 0 Å². The van der Waals surface area contributed by atoms with Crippen molar-refractivity contribution in [2.75, 3.05) is 7.05 Å². The lowest BCUT2D eigenvalue weighted by Crippen LogP contribution is -2.22. The third-order valence-corrected chi connectivity index (χ3v) is 2.72. The molecule has 0 saturated heterocycles. The van der Waals surface area contributed by atoms with Crippen molar-refractivity contribution in [2.45, 2.75) is 13.1 Å². The fraction of sp³-hybridized carbons (Fsp3) is 0.250. The lowest BCUT2D eigenvalue weighted by molar-refractivity contribution is -0.121. The van der Waals surface area contributed by atoms with Gasteiger partial charge in [0.2, 0.25) is 5.91 Å². The van der Waals surface area contributed by atoms with Crippen LogP contribution in [0.25, 0.3) is 10.9 Å². The van der Waals surface area contributed by atoms with Crippen molar-refractivity contribution in [2.24, 2.45) is 5.73 Å². The zero-order chi connectivity index (χ0) is 11.5. The van der Waals surface area contributed by atoms with E-state index in [9.17, 15) is 4.79 Å². The molecule has 16 heavy (non-hydrogen) atoms. The summed E-state index contributed by atoms with van der Waals surface area (Å²) in [6.45, 7) is 0.857. The number of hydrogen-bond donors (Lipinski definition) is 2. The standard InChI is InChI=1S/C12H15N3O/c1-14-12(16)8-15-6-5-10-9(7-13)3-2-4-11(10)15/h2-6H,7-8,13H2,1H3,(H,14,16). The maximum Gasteiger partial charge on any atom is 0.239 e. The van der Waals surface area contributed by atoms with Crippen molar-refractivity contribution in [1.29, 1.82) is 0 Å². The number of nitrogens with zero attached hydrogens (tertiary/aromatic N) is 1. The van der Waals surface area contributed by atoms with E-state index in [2.05, 4.69) is 5.32 Å². The number of aromatic nitrogens is 1. The molecule has 0 radical (unpaired) electrons. The largest absolute Gasteiger partial charge is 0.358 e. The molecule has 2 aromatic rings. The van der Waals surface area contributed by atoms with Gasteiger partial charge in [0.05, 0.1) is 0 Å². The molecular weight excluding hydrogens is 202 g/mol. The highest BCUT2D eigenvalue weighted by Gasteiger charge is 2.06. The first kappa shape index (κ1) is 10.7. The van der Waals surface area contributed by atoms with Gasteiger partial charge in [-0.2, -0.15) is 0 Å². The first-order valence-corrected chi connectivity index (χ1v) is 5.23. The van der Waals surface area contributed by atoms with E-state index < -0.39 is 0 Å². The zero-order valence-electron chi connectivity index (χ0n) is 9.23. The maximum absolute atomic E-state index is 11.3. The first-order valence-electron chi connectivity index (χ1n) is 5.23. The minimum Gasteiger partial charge on any atom is -0.358 e. The quantitative estimate of drug-likeness (QED) is 0.800. The second-order valence-corrected chi connectivity index (χ2v) is 3.67. The van der Waals surface area contributed by atoms with E-state index in [1.54, 1.807) is 7.05 Å². The van der Waals surface area contributed by atoms with Crippen molar-refractivity contribution in [3.05, 3.63) is 36.0 Å². The van der Waals surface area contributed by atoms with Crippen molar-refractivity contribution in [3.8, 4) is 0 Å². The van der Waals surface area contributed by atoms with Crippen molar-refractivity contribution >= 4 is 16.8 Å². The Kier molecular flexibility index (Phi) is 2.92. The summed E-state index contributed by atoms with van der Waals surface area (Å²) >= 11 is 0. The van der Waals surface area contributed by atoms with Gasteiger partial charge in [0, 0.05) is 30.7 Å². The highest BCUT2D eigenvalue weighted by atomic mass is 16.1. The van der Waals surface area contributed by atoms with Crippen LogP contribution in [0.1, 0.15) is 5.56 Å². The van der Waals surface area contributed by atoms with Gasteiger partial charge in [-0.3, -0.25) is 4.79 Å². The number of carbonyl (C=O) groups excluding carboxylic acids is 1. The maximum atomic E-state index is 11.3. The van der Waals surface area contributed by atoms with Crippen LogP contribution in [0.5, 0.6) is 0 Å². The molecule has 0 aliphatic heterocycles. The number of likely N-dealkylation sites (N-methyl/N-ethyl adjacent to an activating group) is 1. The predicted molar refractivity (Wildman–Crippen MR) is 63.9 cm³/mol. The Hall–Kier alpha value is -1.81. The number of fused-ring (bicyclic) bond motifs is 1. The van der Waals surface area contributed by atoms with Crippen molar-refractivity contribution in [1.82, 2.24) is 9.88 Å². The van der Waals surface area contributed by atoms with Crippen LogP contribution in [0, 0.1) is 0 Å². The van der Waals surface area contributed by atoms with E-state index in [4.69, 9.17) is 5.73 Å². The van der Waals surface area contributed by atoms with Crippen LogP contribution in [-0.4, -0.2) is 17.5 Å². The summed E-state index contributed by atoms with van der Waals surface area (Å²) < 4.78 is 1.92. The van der Waals surface area contributed by atoms with Crippen LogP contribution < -0.4 is 11.1 Å². The molecule has 0 aliphatic carbocycles. The molecule has 3 N–H and O–H groups in total. The molecule has 0 fully saturated rings. The highest BCUT2D eigenvalue weighted by molar-refractivity contribution is 5.85. The zero-order valence-corrected chi connectivity index (χ0v) is 9.23. The summed E-state index contributed by atoms with van der Waals surface area (Å²) in [5, 5.41) is 3.73. The molecule has 2 rings (SSSR count). The van der Waals surface area contributed by atoms with E-state index in [1.807, 2.05) is 35.0 Å². The first-order chi connectivity index (χ1) is 7.76. The monoisotopic (exact) mass is 217 g/mol. The third-order valence-electron chi connectivity index (χ3n) is 2.72. The van der Waals surface area contributed by atoms with Crippen molar-refractivity contribution in [3.63, 3.8) is 0 Å². The van der Waals surface area contributed by atoms with Crippen LogP contribution >= 0.6 is 0 Å². The number of carbonyl (C=O) groups is 1. The second-order valence-electron chi connectivity index (χ2n) is 3.67. The molecule has 0 atom stereocenters. The predicted octanol–water partition coefficient (Wildman–Crippen LogP) is 0.846. The average Bonchev–Trinajstić information content (AvgIpc) is 2.72. The molecule has 1 aromatic carbocycles. The molecule has 84 valence electrons. The molecule has 1 aromatic heterocycles. The van der Waals surface area contributed by atoms with Gasteiger partial charge in [0.1, 0.15) is 6.54 Å². The summed E-state index contributed by atoms with van der Waals surface area (Å²) in [6, 6.07) is 7.97. The SMILES string of the molecule is CNC(=O)Cn1ccc2c(CN)cccc21. The van der Waals surface area contributed by atoms with Crippen molar-refractivity contribution < 1.29 is 4.79 Å². The molecule has 0 unspecified atom stereocenters. The number of rotatable bonds is 3. The fourth-order valence-corrected chi connectivity index (χ4v) is 1.84.